The summed E-state index contributed by atoms with van der Waals surface area (Å²) in [5.74, 6) is 0.275. The number of ether oxygens (including phenoxy) is 1. The third-order valence-corrected chi connectivity index (χ3v) is 3.30. The number of fused-ring (bicyclic) bond motifs is 1. The molecule has 0 atom stereocenters. The highest BCUT2D eigenvalue weighted by Crippen LogP contribution is 2.17. The van der Waals surface area contributed by atoms with Gasteiger partial charge in [-0.3, -0.25) is 4.98 Å². The van der Waals surface area contributed by atoms with E-state index in [1.807, 2.05) is 43.3 Å². The van der Waals surface area contributed by atoms with Crippen molar-refractivity contribution in [1.29, 1.82) is 0 Å². The standard InChI is InChI=1S/C18H17NO2/c1-13-8-14(10-17(20)9-13)11-21-12-16-7-6-15-4-2-3-5-18(15)19-16/h2-10,20H,11-12H2,1H3. The molecule has 1 aromatic heterocycles. The maximum atomic E-state index is 9.56. The highest BCUT2D eigenvalue weighted by molar-refractivity contribution is 5.78. The van der Waals surface area contributed by atoms with E-state index in [1.165, 1.54) is 0 Å². The van der Waals surface area contributed by atoms with Crippen LogP contribution in [0.1, 0.15) is 16.8 Å². The SMILES string of the molecule is Cc1cc(O)cc(COCc2ccc3ccccc3n2)c1. The summed E-state index contributed by atoms with van der Waals surface area (Å²) in [6.45, 7) is 2.87. The smallest absolute Gasteiger partial charge is 0.116 e. The summed E-state index contributed by atoms with van der Waals surface area (Å²) in [7, 11) is 0. The molecule has 1 heterocycles. The zero-order chi connectivity index (χ0) is 14.7. The molecule has 3 heteroatoms. The lowest BCUT2D eigenvalue weighted by Gasteiger charge is -2.07. The van der Waals surface area contributed by atoms with E-state index in [0.717, 1.165) is 27.7 Å². The molecular formula is C18H17NO2. The van der Waals surface area contributed by atoms with Gasteiger partial charge in [0.15, 0.2) is 0 Å². The average molecular weight is 279 g/mol. The summed E-state index contributed by atoms with van der Waals surface area (Å²) in [5.41, 5.74) is 3.88. The van der Waals surface area contributed by atoms with E-state index in [0.29, 0.717) is 13.2 Å². The van der Waals surface area contributed by atoms with Gasteiger partial charge in [-0.2, -0.15) is 0 Å². The molecule has 106 valence electrons. The molecule has 0 aliphatic rings. The van der Waals surface area contributed by atoms with Crippen molar-refractivity contribution in [2.24, 2.45) is 0 Å². The lowest BCUT2D eigenvalue weighted by molar-refractivity contribution is 0.104. The highest BCUT2D eigenvalue weighted by atomic mass is 16.5. The summed E-state index contributed by atoms with van der Waals surface area (Å²) in [6.07, 6.45) is 0. The number of benzene rings is 2. The summed E-state index contributed by atoms with van der Waals surface area (Å²) in [5, 5.41) is 10.7. The van der Waals surface area contributed by atoms with Gasteiger partial charge in [0.2, 0.25) is 0 Å². The number of nitrogens with zero attached hydrogens (tertiary/aromatic N) is 1. The van der Waals surface area contributed by atoms with Crippen molar-refractivity contribution in [1.82, 2.24) is 4.98 Å². The summed E-state index contributed by atoms with van der Waals surface area (Å²) in [4.78, 5) is 4.57. The molecular weight excluding hydrogens is 262 g/mol. The van der Waals surface area contributed by atoms with Gasteiger partial charge < -0.3 is 9.84 Å². The number of para-hydroxylation sites is 1. The highest BCUT2D eigenvalue weighted by Gasteiger charge is 2.01. The Morgan fingerprint density at radius 1 is 1.00 bits per heavy atom. The molecule has 3 rings (SSSR count). The number of pyridine rings is 1. The second-order valence-corrected chi connectivity index (χ2v) is 5.16. The molecule has 0 unspecified atom stereocenters. The van der Waals surface area contributed by atoms with Gasteiger partial charge in [0.1, 0.15) is 5.75 Å². The Morgan fingerprint density at radius 3 is 2.71 bits per heavy atom. The van der Waals surface area contributed by atoms with Gasteiger partial charge in [0.25, 0.3) is 0 Å². The van der Waals surface area contributed by atoms with Crippen LogP contribution in [0, 0.1) is 6.92 Å². The maximum absolute atomic E-state index is 9.56. The van der Waals surface area contributed by atoms with Crippen molar-refractivity contribution in [3.63, 3.8) is 0 Å². The van der Waals surface area contributed by atoms with E-state index in [9.17, 15) is 5.11 Å². The van der Waals surface area contributed by atoms with Crippen LogP contribution in [0.25, 0.3) is 10.9 Å². The van der Waals surface area contributed by atoms with E-state index in [-0.39, 0.29) is 5.75 Å². The third kappa shape index (κ3) is 3.38. The van der Waals surface area contributed by atoms with Crippen molar-refractivity contribution in [3.8, 4) is 5.75 Å². The van der Waals surface area contributed by atoms with Gasteiger partial charge in [-0.15, -0.1) is 0 Å². The second-order valence-electron chi connectivity index (χ2n) is 5.16. The number of hydrogen-bond acceptors (Lipinski definition) is 3. The number of phenols is 1. The molecule has 0 saturated carbocycles. The van der Waals surface area contributed by atoms with Crippen molar-refractivity contribution < 1.29 is 9.84 Å². The van der Waals surface area contributed by atoms with Crippen molar-refractivity contribution >= 4 is 10.9 Å². The Balaban J connectivity index is 1.66. The molecule has 0 spiro atoms. The van der Waals surface area contributed by atoms with Crippen LogP contribution in [0.2, 0.25) is 0 Å². The van der Waals surface area contributed by atoms with Crippen molar-refractivity contribution in [2.45, 2.75) is 20.1 Å². The van der Waals surface area contributed by atoms with Crippen LogP contribution in [-0.2, 0) is 18.0 Å². The molecule has 0 amide bonds. The number of aromatic hydroxyl groups is 1. The fourth-order valence-electron chi connectivity index (χ4n) is 2.39. The average Bonchev–Trinajstić information content (AvgIpc) is 2.46. The fourth-order valence-corrected chi connectivity index (χ4v) is 2.39. The first kappa shape index (κ1) is 13.6. The zero-order valence-electron chi connectivity index (χ0n) is 11.9. The van der Waals surface area contributed by atoms with Crippen molar-refractivity contribution in [3.05, 3.63) is 71.4 Å². The summed E-state index contributed by atoms with van der Waals surface area (Å²) in [6, 6.07) is 17.5. The second kappa shape index (κ2) is 5.94. The maximum Gasteiger partial charge on any atom is 0.116 e. The van der Waals surface area contributed by atoms with E-state index in [4.69, 9.17) is 4.74 Å². The third-order valence-electron chi connectivity index (χ3n) is 3.30. The van der Waals surface area contributed by atoms with Crippen LogP contribution in [0.3, 0.4) is 0 Å². The minimum atomic E-state index is 0.275. The molecule has 3 nitrogen and oxygen atoms in total. The Morgan fingerprint density at radius 2 is 1.86 bits per heavy atom. The van der Waals surface area contributed by atoms with Gasteiger partial charge in [-0.05, 0) is 42.3 Å². The minimum absolute atomic E-state index is 0.275. The molecule has 0 aliphatic carbocycles. The van der Waals surface area contributed by atoms with Crippen molar-refractivity contribution in [2.75, 3.05) is 0 Å². The van der Waals surface area contributed by atoms with Crippen LogP contribution in [0.5, 0.6) is 5.75 Å². The van der Waals surface area contributed by atoms with E-state index in [2.05, 4.69) is 11.1 Å². The zero-order valence-corrected chi connectivity index (χ0v) is 11.9. The van der Waals surface area contributed by atoms with Crippen LogP contribution >= 0.6 is 0 Å². The molecule has 0 radical (unpaired) electrons. The first-order valence-corrected chi connectivity index (χ1v) is 6.93. The van der Waals surface area contributed by atoms with Gasteiger partial charge in [0.05, 0.1) is 24.4 Å². The fraction of sp³-hybridized carbons (Fsp3) is 0.167. The lowest BCUT2D eigenvalue weighted by atomic mass is 10.1. The van der Waals surface area contributed by atoms with Gasteiger partial charge in [-0.1, -0.05) is 30.3 Å². The number of aryl methyl sites for hydroxylation is 1. The van der Waals surface area contributed by atoms with Gasteiger partial charge >= 0.3 is 0 Å². The molecule has 3 aromatic rings. The molecule has 0 aliphatic heterocycles. The van der Waals surface area contributed by atoms with Gasteiger partial charge in [0, 0.05) is 5.39 Å². The Bertz CT molecular complexity index is 748. The first-order chi connectivity index (χ1) is 10.2. The topological polar surface area (TPSA) is 42.4 Å². The normalized spacial score (nSPS) is 10.9. The summed E-state index contributed by atoms with van der Waals surface area (Å²) >= 11 is 0. The Hall–Kier alpha value is -2.39. The molecule has 0 fully saturated rings. The monoisotopic (exact) mass is 279 g/mol. The van der Waals surface area contributed by atoms with E-state index in [1.54, 1.807) is 12.1 Å². The largest absolute Gasteiger partial charge is 0.508 e. The van der Waals surface area contributed by atoms with Crippen LogP contribution in [0.4, 0.5) is 0 Å². The van der Waals surface area contributed by atoms with Crippen LogP contribution in [0.15, 0.2) is 54.6 Å². The predicted octanol–water partition coefficient (Wildman–Crippen LogP) is 3.97. The van der Waals surface area contributed by atoms with Crippen LogP contribution < -0.4 is 0 Å². The number of hydrogen-bond donors (Lipinski definition) is 1. The predicted molar refractivity (Wildman–Crippen MR) is 83.1 cm³/mol. The Labute approximate surface area is 123 Å². The number of phenolic OH excluding ortho intramolecular Hbond substituents is 1. The number of aromatic nitrogens is 1. The lowest BCUT2D eigenvalue weighted by Crippen LogP contribution is -1.97. The molecule has 0 saturated heterocycles. The quantitative estimate of drug-likeness (QED) is 0.786. The summed E-state index contributed by atoms with van der Waals surface area (Å²) < 4.78 is 5.69. The molecule has 0 bridgehead atoms. The molecule has 1 N–H and O–H groups in total. The van der Waals surface area contributed by atoms with E-state index < -0.39 is 0 Å². The van der Waals surface area contributed by atoms with E-state index >= 15 is 0 Å². The minimum Gasteiger partial charge on any atom is -0.508 e. The Kier molecular flexibility index (Phi) is 3.84. The molecule has 2 aromatic carbocycles. The number of rotatable bonds is 4. The van der Waals surface area contributed by atoms with Gasteiger partial charge in [-0.25, -0.2) is 0 Å². The molecule has 21 heavy (non-hydrogen) atoms. The first-order valence-electron chi connectivity index (χ1n) is 6.93. The van der Waals surface area contributed by atoms with Crippen LogP contribution in [-0.4, -0.2) is 10.1 Å².